The Balaban J connectivity index is 1.40. The molecule has 0 unspecified atom stereocenters. The first-order valence-corrected chi connectivity index (χ1v) is 15.0. The molecule has 2 aromatic rings. The van der Waals surface area contributed by atoms with Crippen molar-refractivity contribution in [3.05, 3.63) is 24.0 Å². The SMILES string of the molecule is CCn1ncc2c(NC3CCS(=O)(=O)CC3)c(C3=CC4(CCC(C(=O)OC(C)(C)C)CC4)ON3)cnc21. The van der Waals surface area contributed by atoms with Gasteiger partial charge in [-0.05, 0) is 72.3 Å². The maximum absolute atomic E-state index is 12.6. The summed E-state index contributed by atoms with van der Waals surface area (Å²) in [6.07, 6.45) is 9.69. The highest BCUT2D eigenvalue weighted by molar-refractivity contribution is 7.91. The number of sulfone groups is 1. The van der Waals surface area contributed by atoms with Gasteiger partial charge in [-0.3, -0.25) is 15.1 Å². The summed E-state index contributed by atoms with van der Waals surface area (Å²) >= 11 is 0. The molecular formula is C26H37N5O5S. The van der Waals surface area contributed by atoms with Crippen molar-refractivity contribution in [2.75, 3.05) is 16.8 Å². The van der Waals surface area contributed by atoms with Gasteiger partial charge in [0.05, 0.1) is 40.4 Å². The molecule has 202 valence electrons. The highest BCUT2D eigenvalue weighted by atomic mass is 32.2. The Morgan fingerprint density at radius 1 is 1.22 bits per heavy atom. The van der Waals surface area contributed by atoms with Crippen LogP contribution in [0.5, 0.6) is 0 Å². The normalized spacial score (nSPS) is 22.1. The van der Waals surface area contributed by atoms with Crippen molar-refractivity contribution in [3.63, 3.8) is 0 Å². The summed E-state index contributed by atoms with van der Waals surface area (Å²) in [5.74, 6) is 0.118. The van der Waals surface area contributed by atoms with Gasteiger partial charge in [0.2, 0.25) is 0 Å². The number of nitrogens with zero attached hydrogens (tertiary/aromatic N) is 3. The van der Waals surface area contributed by atoms with Gasteiger partial charge in [0.15, 0.2) is 5.65 Å². The zero-order valence-corrected chi connectivity index (χ0v) is 22.9. The Kier molecular flexibility index (Phi) is 6.72. The maximum atomic E-state index is 12.6. The van der Waals surface area contributed by atoms with Crippen molar-refractivity contribution < 1.29 is 22.8 Å². The minimum Gasteiger partial charge on any atom is -0.460 e. The molecule has 2 aromatic heterocycles. The van der Waals surface area contributed by atoms with E-state index >= 15 is 0 Å². The fourth-order valence-electron chi connectivity index (χ4n) is 5.44. The summed E-state index contributed by atoms with van der Waals surface area (Å²) in [5, 5.41) is 9.01. The van der Waals surface area contributed by atoms with Crippen LogP contribution in [0.3, 0.4) is 0 Å². The molecule has 0 amide bonds. The van der Waals surface area contributed by atoms with E-state index in [1.54, 1.807) is 0 Å². The Hall–Kier alpha value is -2.66. The minimum absolute atomic E-state index is 0.0407. The Morgan fingerprint density at radius 2 is 1.92 bits per heavy atom. The third kappa shape index (κ3) is 5.47. The largest absolute Gasteiger partial charge is 0.460 e. The topological polar surface area (TPSA) is 124 Å². The first kappa shape index (κ1) is 26.0. The van der Waals surface area contributed by atoms with E-state index in [1.807, 2.05) is 44.8 Å². The monoisotopic (exact) mass is 531 g/mol. The average Bonchev–Trinajstić information content (AvgIpc) is 3.44. The first-order chi connectivity index (χ1) is 17.5. The molecule has 11 heteroatoms. The molecule has 3 aliphatic rings. The molecule has 2 fully saturated rings. The molecule has 5 rings (SSSR count). The van der Waals surface area contributed by atoms with E-state index in [-0.39, 0.29) is 29.4 Å². The van der Waals surface area contributed by atoms with E-state index < -0.39 is 21.0 Å². The molecule has 2 N–H and O–H groups in total. The second kappa shape index (κ2) is 9.58. The molecule has 37 heavy (non-hydrogen) atoms. The molecule has 0 atom stereocenters. The average molecular weight is 532 g/mol. The van der Waals surface area contributed by atoms with E-state index in [0.29, 0.717) is 45.1 Å². The number of ether oxygens (including phenoxy) is 1. The van der Waals surface area contributed by atoms with E-state index in [1.165, 1.54) is 0 Å². The van der Waals surface area contributed by atoms with Crippen LogP contribution in [0.4, 0.5) is 5.69 Å². The molecule has 1 spiro atoms. The number of aryl methyl sites for hydroxylation is 1. The molecule has 1 saturated carbocycles. The van der Waals surface area contributed by atoms with Crippen molar-refractivity contribution in [1.82, 2.24) is 20.2 Å². The van der Waals surface area contributed by atoms with Crippen molar-refractivity contribution in [1.29, 1.82) is 0 Å². The lowest BCUT2D eigenvalue weighted by Gasteiger charge is -2.34. The second-order valence-corrected chi connectivity index (χ2v) is 13.8. The van der Waals surface area contributed by atoms with Gasteiger partial charge >= 0.3 is 5.97 Å². The van der Waals surface area contributed by atoms with Gasteiger partial charge < -0.3 is 10.1 Å². The van der Waals surface area contributed by atoms with Gasteiger partial charge in [-0.15, -0.1) is 0 Å². The number of aromatic nitrogens is 3. The molecule has 0 bridgehead atoms. The third-order valence-electron chi connectivity index (χ3n) is 7.50. The highest BCUT2D eigenvalue weighted by Gasteiger charge is 2.42. The number of pyridine rings is 1. The summed E-state index contributed by atoms with van der Waals surface area (Å²) in [7, 11) is -2.96. The van der Waals surface area contributed by atoms with Gasteiger partial charge in [-0.25, -0.2) is 18.1 Å². The molecule has 0 radical (unpaired) electrons. The number of rotatable bonds is 5. The van der Waals surface area contributed by atoms with Crippen molar-refractivity contribution in [2.24, 2.45) is 5.92 Å². The number of anilines is 1. The van der Waals surface area contributed by atoms with Crippen LogP contribution in [0.1, 0.15) is 71.8 Å². The first-order valence-electron chi connectivity index (χ1n) is 13.2. The van der Waals surface area contributed by atoms with Crippen molar-refractivity contribution in [2.45, 2.75) is 90.0 Å². The number of hydrogen-bond donors (Lipinski definition) is 2. The number of esters is 1. The van der Waals surface area contributed by atoms with Gasteiger partial charge in [-0.2, -0.15) is 5.10 Å². The van der Waals surface area contributed by atoms with Gasteiger partial charge in [-0.1, -0.05) is 0 Å². The van der Waals surface area contributed by atoms with Crippen LogP contribution in [-0.2, 0) is 30.8 Å². The van der Waals surface area contributed by atoms with Crippen LogP contribution in [0.25, 0.3) is 16.7 Å². The fraction of sp³-hybridized carbons (Fsp3) is 0.654. The van der Waals surface area contributed by atoms with Crippen LogP contribution < -0.4 is 10.8 Å². The van der Waals surface area contributed by atoms with Crippen LogP contribution in [0.15, 0.2) is 18.5 Å². The summed E-state index contributed by atoms with van der Waals surface area (Å²) < 4.78 is 31.4. The predicted molar refractivity (Wildman–Crippen MR) is 141 cm³/mol. The van der Waals surface area contributed by atoms with Crippen LogP contribution in [0, 0.1) is 5.92 Å². The quantitative estimate of drug-likeness (QED) is 0.557. The smallest absolute Gasteiger partial charge is 0.309 e. The summed E-state index contributed by atoms with van der Waals surface area (Å²) in [5.41, 5.74) is 5.50. The predicted octanol–water partition coefficient (Wildman–Crippen LogP) is 3.59. The second-order valence-electron chi connectivity index (χ2n) is 11.4. The standard InChI is InChI=1S/C26H37N5O5S/c1-5-31-23-20(16-28-31)22(29-18-8-12-37(33,34)13-9-18)19(15-27-23)21-14-26(36-30-21)10-6-17(7-11-26)24(32)35-25(2,3)4/h14-18,30H,5-13H2,1-4H3,(H,27,29). The number of carbonyl (C=O) groups excluding carboxylic acids is 1. The third-order valence-corrected chi connectivity index (χ3v) is 9.22. The van der Waals surface area contributed by atoms with Gasteiger partial charge in [0.1, 0.15) is 21.0 Å². The Bertz CT molecular complexity index is 1300. The lowest BCUT2D eigenvalue weighted by Crippen LogP contribution is -2.38. The van der Waals surface area contributed by atoms with E-state index in [2.05, 4.69) is 22.0 Å². The molecular weight excluding hydrogens is 494 g/mol. The van der Waals surface area contributed by atoms with E-state index in [0.717, 1.165) is 28.0 Å². The zero-order chi connectivity index (χ0) is 26.4. The minimum atomic E-state index is -2.96. The molecule has 10 nitrogen and oxygen atoms in total. The zero-order valence-electron chi connectivity index (χ0n) is 22.0. The lowest BCUT2D eigenvalue weighted by molar-refractivity contribution is -0.163. The maximum Gasteiger partial charge on any atom is 0.309 e. The lowest BCUT2D eigenvalue weighted by atomic mass is 9.78. The molecule has 0 aromatic carbocycles. The van der Waals surface area contributed by atoms with Crippen LogP contribution >= 0.6 is 0 Å². The molecule has 1 saturated heterocycles. The number of carbonyl (C=O) groups is 1. The molecule has 1 aliphatic carbocycles. The molecule has 2 aliphatic heterocycles. The van der Waals surface area contributed by atoms with Crippen LogP contribution in [-0.4, -0.2) is 57.9 Å². The van der Waals surface area contributed by atoms with Crippen molar-refractivity contribution >= 4 is 38.2 Å². The Morgan fingerprint density at radius 3 is 2.57 bits per heavy atom. The number of nitrogens with one attached hydrogen (secondary N) is 2. The number of hydrogen-bond acceptors (Lipinski definition) is 9. The van der Waals surface area contributed by atoms with Crippen molar-refractivity contribution in [3.8, 4) is 0 Å². The van der Waals surface area contributed by atoms with E-state index in [9.17, 15) is 13.2 Å². The summed E-state index contributed by atoms with van der Waals surface area (Å²) in [6, 6.07) is 0.0407. The Labute approximate surface area is 218 Å². The number of hydroxylamine groups is 1. The van der Waals surface area contributed by atoms with Crippen LogP contribution in [0.2, 0.25) is 0 Å². The summed E-state index contributed by atoms with van der Waals surface area (Å²) in [4.78, 5) is 23.4. The fourth-order valence-corrected chi connectivity index (χ4v) is 6.93. The highest BCUT2D eigenvalue weighted by Crippen LogP contribution is 2.42. The molecule has 4 heterocycles. The van der Waals surface area contributed by atoms with E-state index in [4.69, 9.17) is 14.6 Å². The van der Waals surface area contributed by atoms with Gasteiger partial charge in [0.25, 0.3) is 0 Å². The van der Waals surface area contributed by atoms with Gasteiger partial charge in [0, 0.05) is 24.3 Å². The summed E-state index contributed by atoms with van der Waals surface area (Å²) in [6.45, 7) is 8.39. The number of fused-ring (bicyclic) bond motifs is 1.